The maximum absolute atomic E-state index is 10.1. The summed E-state index contributed by atoms with van der Waals surface area (Å²) in [6, 6.07) is 2.66. The molecule has 0 saturated heterocycles. The lowest BCUT2D eigenvalue weighted by atomic mass is 9.41. The van der Waals surface area contributed by atoms with Gasteiger partial charge in [0.25, 0.3) is 0 Å². The lowest BCUT2D eigenvalue weighted by Crippen LogP contribution is -2.57. The standard InChI is InChI=1S/C30H49Cl2N/c1-19(2)8-7-9-20(3)24-12-13-25-23-11-10-21-16-30(6,27(31)32)22(18-33)17-29(21,5)26(23)14-15-28(24,25)4/h19-27H,7-17H2,1-6H3/t20-,21?,22+,23+,24-,25+,26+,28-,29+,30+/m1/s1. The molecule has 4 rings (SSSR count). The van der Waals surface area contributed by atoms with Crippen molar-refractivity contribution in [3.63, 3.8) is 0 Å². The first-order valence-electron chi connectivity index (χ1n) is 14.1. The zero-order valence-corrected chi connectivity index (χ0v) is 23.7. The van der Waals surface area contributed by atoms with Crippen molar-refractivity contribution in [2.75, 3.05) is 0 Å². The lowest BCUT2D eigenvalue weighted by Gasteiger charge is -2.63. The molecule has 4 aliphatic rings. The van der Waals surface area contributed by atoms with Crippen LogP contribution < -0.4 is 0 Å². The summed E-state index contributed by atoms with van der Waals surface area (Å²) in [5.41, 5.74) is 0.562. The highest BCUT2D eigenvalue weighted by Gasteiger charge is 2.63. The molecule has 3 heteroatoms. The van der Waals surface area contributed by atoms with Crippen LogP contribution in [0, 0.1) is 74.9 Å². The Kier molecular flexibility index (Phi) is 7.53. The minimum Gasteiger partial charge on any atom is -0.198 e. The monoisotopic (exact) mass is 493 g/mol. The highest BCUT2D eigenvalue weighted by molar-refractivity contribution is 6.44. The van der Waals surface area contributed by atoms with Crippen molar-refractivity contribution in [3.05, 3.63) is 0 Å². The van der Waals surface area contributed by atoms with Gasteiger partial charge in [-0.3, -0.25) is 0 Å². The highest BCUT2D eigenvalue weighted by Crippen LogP contribution is 2.70. The van der Waals surface area contributed by atoms with Crippen LogP contribution in [0.1, 0.15) is 112 Å². The molecule has 0 bridgehead atoms. The molecule has 188 valence electrons. The van der Waals surface area contributed by atoms with Crippen molar-refractivity contribution < 1.29 is 0 Å². The van der Waals surface area contributed by atoms with Gasteiger partial charge in [0.2, 0.25) is 0 Å². The third-order valence-electron chi connectivity index (χ3n) is 12.0. The minimum atomic E-state index is -0.452. The van der Waals surface area contributed by atoms with Gasteiger partial charge in [-0.2, -0.15) is 5.26 Å². The summed E-state index contributed by atoms with van der Waals surface area (Å²) < 4.78 is 0. The van der Waals surface area contributed by atoms with Crippen molar-refractivity contribution in [2.24, 2.45) is 63.6 Å². The Balaban J connectivity index is 1.51. The molecule has 0 N–H and O–H groups in total. The molecule has 4 fully saturated rings. The lowest BCUT2D eigenvalue weighted by molar-refractivity contribution is -0.139. The Morgan fingerprint density at radius 3 is 2.21 bits per heavy atom. The maximum atomic E-state index is 10.1. The van der Waals surface area contributed by atoms with E-state index in [0.29, 0.717) is 11.3 Å². The van der Waals surface area contributed by atoms with E-state index in [4.69, 9.17) is 23.2 Å². The number of hydrogen-bond acceptors (Lipinski definition) is 1. The van der Waals surface area contributed by atoms with Crippen LogP contribution in [0.4, 0.5) is 0 Å². The Hall–Kier alpha value is 0.0700. The Bertz CT molecular complexity index is 742. The van der Waals surface area contributed by atoms with Crippen LogP contribution in [0.2, 0.25) is 0 Å². The zero-order valence-electron chi connectivity index (χ0n) is 22.2. The molecule has 10 atom stereocenters. The summed E-state index contributed by atoms with van der Waals surface area (Å²) in [6.45, 7) is 14.7. The Morgan fingerprint density at radius 1 is 0.879 bits per heavy atom. The third kappa shape index (κ3) is 4.31. The number of rotatable bonds is 6. The van der Waals surface area contributed by atoms with E-state index < -0.39 is 4.84 Å². The van der Waals surface area contributed by atoms with Crippen molar-refractivity contribution in [1.82, 2.24) is 0 Å². The van der Waals surface area contributed by atoms with Crippen LogP contribution in [0.3, 0.4) is 0 Å². The molecule has 0 heterocycles. The SMILES string of the molecule is CC(C)CCC[C@@H](C)[C@H]1CC[C@H]2[C@@H]3CCC4C[C@](C)(C(Cl)Cl)[C@H](C#N)C[C@]4(C)[C@H]3CC[C@]12C. The summed E-state index contributed by atoms with van der Waals surface area (Å²) in [5, 5.41) is 10.1. The predicted octanol–water partition coefficient (Wildman–Crippen LogP) is 9.67. The molecule has 4 saturated carbocycles. The predicted molar refractivity (Wildman–Crippen MR) is 141 cm³/mol. The number of fused-ring (bicyclic) bond motifs is 5. The molecule has 0 spiro atoms. The molecule has 0 aromatic rings. The molecular weight excluding hydrogens is 445 g/mol. The highest BCUT2D eigenvalue weighted by atomic mass is 35.5. The number of nitrogens with zero attached hydrogens (tertiary/aromatic N) is 1. The molecule has 0 aromatic carbocycles. The van der Waals surface area contributed by atoms with Gasteiger partial charge in [-0.05, 0) is 104 Å². The van der Waals surface area contributed by atoms with Gasteiger partial charge in [0.1, 0.15) is 4.84 Å². The fraction of sp³-hybridized carbons (Fsp3) is 0.967. The minimum absolute atomic E-state index is 0.0249. The van der Waals surface area contributed by atoms with Gasteiger partial charge in [0.05, 0.1) is 12.0 Å². The van der Waals surface area contributed by atoms with Crippen LogP contribution in [-0.2, 0) is 0 Å². The summed E-state index contributed by atoms with van der Waals surface area (Å²) in [7, 11) is 0. The summed E-state index contributed by atoms with van der Waals surface area (Å²) in [6.07, 6.45) is 14.6. The quantitative estimate of drug-likeness (QED) is 0.337. The van der Waals surface area contributed by atoms with E-state index in [2.05, 4.69) is 47.6 Å². The molecule has 4 aliphatic carbocycles. The smallest absolute Gasteiger partial charge is 0.114 e. The number of alkyl halides is 2. The topological polar surface area (TPSA) is 23.8 Å². The van der Waals surface area contributed by atoms with Crippen molar-refractivity contribution in [1.29, 1.82) is 5.26 Å². The third-order valence-corrected chi connectivity index (χ3v) is 13.0. The summed E-state index contributed by atoms with van der Waals surface area (Å²) >= 11 is 13.0. The first-order chi connectivity index (χ1) is 15.5. The van der Waals surface area contributed by atoms with Crippen LogP contribution in [-0.4, -0.2) is 4.84 Å². The molecule has 0 amide bonds. The molecule has 0 radical (unpaired) electrons. The second kappa shape index (κ2) is 9.51. The molecule has 0 aromatic heterocycles. The van der Waals surface area contributed by atoms with Crippen LogP contribution >= 0.6 is 23.2 Å². The van der Waals surface area contributed by atoms with Crippen LogP contribution in [0.5, 0.6) is 0 Å². The van der Waals surface area contributed by atoms with Gasteiger partial charge in [-0.1, -0.05) is 60.8 Å². The fourth-order valence-electron chi connectivity index (χ4n) is 9.99. The number of nitriles is 1. The van der Waals surface area contributed by atoms with Crippen LogP contribution in [0.25, 0.3) is 0 Å². The molecule has 1 nitrogen and oxygen atoms in total. The first-order valence-corrected chi connectivity index (χ1v) is 15.0. The normalized spacial score (nSPS) is 48.2. The largest absolute Gasteiger partial charge is 0.198 e. The van der Waals surface area contributed by atoms with E-state index in [1.54, 1.807) is 0 Å². The van der Waals surface area contributed by atoms with E-state index >= 15 is 0 Å². The van der Waals surface area contributed by atoms with Crippen molar-refractivity contribution >= 4 is 23.2 Å². The van der Waals surface area contributed by atoms with Gasteiger partial charge in [-0.15, -0.1) is 23.2 Å². The van der Waals surface area contributed by atoms with Gasteiger partial charge < -0.3 is 0 Å². The van der Waals surface area contributed by atoms with E-state index in [-0.39, 0.29) is 16.7 Å². The molecule has 1 unspecified atom stereocenters. The molecule has 0 aliphatic heterocycles. The van der Waals surface area contributed by atoms with Gasteiger partial charge in [-0.25, -0.2) is 0 Å². The van der Waals surface area contributed by atoms with E-state index in [1.165, 1.54) is 57.8 Å². The fourth-order valence-corrected chi connectivity index (χ4v) is 10.5. The maximum Gasteiger partial charge on any atom is 0.114 e. The number of hydrogen-bond donors (Lipinski definition) is 0. The Labute approximate surface area is 214 Å². The second-order valence-electron chi connectivity index (χ2n) is 14.1. The Morgan fingerprint density at radius 2 is 1.58 bits per heavy atom. The first kappa shape index (κ1) is 26.1. The average Bonchev–Trinajstić information content (AvgIpc) is 3.10. The van der Waals surface area contributed by atoms with Crippen molar-refractivity contribution in [3.8, 4) is 6.07 Å². The average molecular weight is 495 g/mol. The van der Waals surface area contributed by atoms with E-state index in [9.17, 15) is 5.26 Å². The van der Waals surface area contributed by atoms with Crippen molar-refractivity contribution in [2.45, 2.75) is 117 Å². The van der Waals surface area contributed by atoms with Crippen LogP contribution in [0.15, 0.2) is 0 Å². The van der Waals surface area contributed by atoms with Gasteiger partial charge in [0.15, 0.2) is 0 Å². The van der Waals surface area contributed by atoms with E-state index in [0.717, 1.165) is 48.3 Å². The van der Waals surface area contributed by atoms with Gasteiger partial charge >= 0.3 is 0 Å². The molecule has 33 heavy (non-hydrogen) atoms. The van der Waals surface area contributed by atoms with E-state index in [1.807, 2.05) is 0 Å². The number of halogens is 2. The molecular formula is C30H49Cl2N. The summed E-state index contributed by atoms with van der Waals surface area (Å²) in [4.78, 5) is -0.452. The summed E-state index contributed by atoms with van der Waals surface area (Å²) in [5.74, 6) is 5.80. The second-order valence-corrected chi connectivity index (χ2v) is 15.2. The zero-order chi connectivity index (χ0) is 24.2. The van der Waals surface area contributed by atoms with Gasteiger partial charge in [0, 0.05) is 5.41 Å².